The minimum Gasteiger partial charge on any atom is -0.454 e. The first-order valence-electron chi connectivity index (χ1n) is 8.34. The molecule has 2 aromatic carbocycles. The van der Waals surface area contributed by atoms with Crippen molar-refractivity contribution < 1.29 is 22.7 Å². The number of primary sulfonamides is 1. The zero-order valence-electron chi connectivity index (χ0n) is 14.8. The van der Waals surface area contributed by atoms with Crippen molar-refractivity contribution in [2.75, 3.05) is 6.79 Å². The van der Waals surface area contributed by atoms with Gasteiger partial charge in [-0.05, 0) is 42.3 Å². The fraction of sp³-hybridized carbons (Fsp3) is 0.278. The van der Waals surface area contributed by atoms with Gasteiger partial charge in [0.15, 0.2) is 11.5 Å². The third kappa shape index (κ3) is 4.97. The predicted octanol–water partition coefficient (Wildman–Crippen LogP) is 0.857. The van der Waals surface area contributed by atoms with Crippen LogP contribution in [-0.2, 0) is 27.9 Å². The van der Waals surface area contributed by atoms with Crippen molar-refractivity contribution in [1.82, 2.24) is 10.6 Å². The van der Waals surface area contributed by atoms with E-state index in [2.05, 4.69) is 10.6 Å². The molecule has 1 atom stereocenters. The lowest BCUT2D eigenvalue weighted by molar-refractivity contribution is -0.122. The molecule has 0 saturated heterocycles. The molecular weight excluding hydrogens is 370 g/mol. The maximum absolute atomic E-state index is 12.2. The van der Waals surface area contributed by atoms with Crippen LogP contribution in [-0.4, -0.2) is 27.2 Å². The molecule has 4 N–H and O–H groups in total. The summed E-state index contributed by atoms with van der Waals surface area (Å²) in [5.74, 6) is 1.23. The van der Waals surface area contributed by atoms with Crippen LogP contribution in [0.25, 0.3) is 0 Å². The van der Waals surface area contributed by atoms with Crippen molar-refractivity contribution in [3.63, 3.8) is 0 Å². The molecule has 9 heteroatoms. The predicted molar refractivity (Wildman–Crippen MR) is 98.5 cm³/mol. The molecule has 1 amide bonds. The standard InChI is InChI=1S/C18H21N3O5S/c1-12(20-9-13-2-5-15(6-3-13)27(19,23)24)18(22)21-10-14-4-7-16-17(8-14)26-11-25-16/h2-8,12,20H,9-11H2,1H3,(H,21,22)(H2,19,23,24)/t12-/m1/s1. The first kappa shape index (κ1) is 19.2. The third-order valence-electron chi connectivity index (χ3n) is 4.16. The van der Waals surface area contributed by atoms with Crippen LogP contribution in [0.15, 0.2) is 47.4 Å². The summed E-state index contributed by atoms with van der Waals surface area (Å²) in [4.78, 5) is 12.3. The van der Waals surface area contributed by atoms with E-state index in [0.29, 0.717) is 24.6 Å². The molecule has 0 fully saturated rings. The van der Waals surface area contributed by atoms with Gasteiger partial charge in [-0.15, -0.1) is 0 Å². The van der Waals surface area contributed by atoms with Crippen LogP contribution in [0.3, 0.4) is 0 Å². The Morgan fingerprint density at radius 3 is 2.44 bits per heavy atom. The minimum atomic E-state index is -3.70. The Bertz CT molecular complexity index is 929. The third-order valence-corrected chi connectivity index (χ3v) is 5.09. The SMILES string of the molecule is C[C@@H](NCc1ccc(S(N)(=O)=O)cc1)C(=O)NCc1ccc2c(c1)OCO2. The van der Waals surface area contributed by atoms with E-state index in [0.717, 1.165) is 11.1 Å². The first-order chi connectivity index (χ1) is 12.8. The van der Waals surface area contributed by atoms with Crippen molar-refractivity contribution in [3.05, 3.63) is 53.6 Å². The van der Waals surface area contributed by atoms with Crippen molar-refractivity contribution in [1.29, 1.82) is 0 Å². The molecule has 0 bridgehead atoms. The van der Waals surface area contributed by atoms with Crippen molar-refractivity contribution in [3.8, 4) is 11.5 Å². The molecule has 8 nitrogen and oxygen atoms in total. The van der Waals surface area contributed by atoms with Crippen LogP contribution in [0.1, 0.15) is 18.1 Å². The number of rotatable bonds is 7. The van der Waals surface area contributed by atoms with Crippen molar-refractivity contribution >= 4 is 15.9 Å². The van der Waals surface area contributed by atoms with Gasteiger partial charge in [0.2, 0.25) is 22.7 Å². The van der Waals surface area contributed by atoms with Gasteiger partial charge in [0.25, 0.3) is 0 Å². The second-order valence-corrected chi connectivity index (χ2v) is 7.76. The molecule has 1 aliphatic heterocycles. The molecule has 0 aliphatic carbocycles. The Kier molecular flexibility index (Phi) is 5.64. The summed E-state index contributed by atoms with van der Waals surface area (Å²) in [7, 11) is -3.70. The summed E-state index contributed by atoms with van der Waals surface area (Å²) >= 11 is 0. The highest BCUT2D eigenvalue weighted by atomic mass is 32.2. The highest BCUT2D eigenvalue weighted by molar-refractivity contribution is 7.89. The molecule has 1 aliphatic rings. The second-order valence-electron chi connectivity index (χ2n) is 6.20. The highest BCUT2D eigenvalue weighted by Gasteiger charge is 2.15. The summed E-state index contributed by atoms with van der Waals surface area (Å²) in [5, 5.41) is 11.0. The van der Waals surface area contributed by atoms with Gasteiger partial charge in [-0.3, -0.25) is 4.79 Å². The number of nitrogens with one attached hydrogen (secondary N) is 2. The molecule has 27 heavy (non-hydrogen) atoms. The molecule has 0 aromatic heterocycles. The smallest absolute Gasteiger partial charge is 0.238 e. The van der Waals surface area contributed by atoms with Gasteiger partial charge in [0.05, 0.1) is 10.9 Å². The number of benzene rings is 2. The van der Waals surface area contributed by atoms with E-state index in [1.807, 2.05) is 18.2 Å². The normalized spacial score (nSPS) is 14.0. The summed E-state index contributed by atoms with van der Waals surface area (Å²) < 4.78 is 33.1. The van der Waals surface area contributed by atoms with Gasteiger partial charge in [-0.1, -0.05) is 18.2 Å². The fourth-order valence-corrected chi connectivity index (χ4v) is 3.07. The number of fused-ring (bicyclic) bond motifs is 1. The number of hydrogen-bond donors (Lipinski definition) is 3. The number of nitrogens with two attached hydrogens (primary N) is 1. The van der Waals surface area contributed by atoms with Crippen LogP contribution in [0.4, 0.5) is 0 Å². The largest absolute Gasteiger partial charge is 0.454 e. The van der Waals surface area contributed by atoms with E-state index in [9.17, 15) is 13.2 Å². The summed E-state index contributed by atoms with van der Waals surface area (Å²) in [6.07, 6.45) is 0. The maximum atomic E-state index is 12.2. The molecular formula is C18H21N3O5S. The lowest BCUT2D eigenvalue weighted by Gasteiger charge is -2.14. The zero-order valence-corrected chi connectivity index (χ0v) is 15.6. The van der Waals surface area contributed by atoms with E-state index in [4.69, 9.17) is 14.6 Å². The number of sulfonamides is 1. The average Bonchev–Trinajstić information content (AvgIpc) is 3.11. The van der Waals surface area contributed by atoms with E-state index in [1.54, 1.807) is 19.1 Å². The molecule has 2 aromatic rings. The average molecular weight is 391 g/mol. The Hall–Kier alpha value is -2.62. The maximum Gasteiger partial charge on any atom is 0.238 e. The Morgan fingerprint density at radius 2 is 1.74 bits per heavy atom. The van der Waals surface area contributed by atoms with Gasteiger partial charge >= 0.3 is 0 Å². The van der Waals surface area contributed by atoms with Gasteiger partial charge in [-0.25, -0.2) is 13.6 Å². The van der Waals surface area contributed by atoms with Gasteiger partial charge in [-0.2, -0.15) is 0 Å². The lowest BCUT2D eigenvalue weighted by Crippen LogP contribution is -2.41. The van der Waals surface area contributed by atoms with Crippen LogP contribution in [0.2, 0.25) is 0 Å². The van der Waals surface area contributed by atoms with Crippen LogP contribution in [0, 0.1) is 0 Å². The first-order valence-corrected chi connectivity index (χ1v) is 9.89. The van der Waals surface area contributed by atoms with Crippen molar-refractivity contribution in [2.45, 2.75) is 31.0 Å². The number of hydrogen-bond acceptors (Lipinski definition) is 6. The van der Waals surface area contributed by atoms with E-state index in [1.165, 1.54) is 12.1 Å². The van der Waals surface area contributed by atoms with E-state index >= 15 is 0 Å². The summed E-state index contributed by atoms with van der Waals surface area (Å²) in [5.41, 5.74) is 1.76. The molecule has 0 radical (unpaired) electrons. The quantitative estimate of drug-likeness (QED) is 0.644. The van der Waals surface area contributed by atoms with Gasteiger partial charge < -0.3 is 20.1 Å². The molecule has 1 heterocycles. The highest BCUT2D eigenvalue weighted by Crippen LogP contribution is 2.32. The zero-order chi connectivity index (χ0) is 19.4. The monoisotopic (exact) mass is 391 g/mol. The Morgan fingerprint density at radius 1 is 1.07 bits per heavy atom. The second kappa shape index (κ2) is 7.95. The molecule has 3 rings (SSSR count). The number of amides is 1. The van der Waals surface area contributed by atoms with Gasteiger partial charge in [0, 0.05) is 13.1 Å². The number of carbonyl (C=O) groups is 1. The topological polar surface area (TPSA) is 120 Å². The lowest BCUT2D eigenvalue weighted by atomic mass is 10.2. The number of carbonyl (C=O) groups excluding carboxylic acids is 1. The van der Waals surface area contributed by atoms with E-state index in [-0.39, 0.29) is 17.6 Å². The van der Waals surface area contributed by atoms with Crippen LogP contribution < -0.4 is 25.2 Å². The van der Waals surface area contributed by atoms with Gasteiger partial charge in [0.1, 0.15) is 0 Å². The summed E-state index contributed by atoms with van der Waals surface area (Å²) in [6, 6.07) is 11.3. The molecule has 0 spiro atoms. The van der Waals surface area contributed by atoms with E-state index < -0.39 is 16.1 Å². The fourth-order valence-electron chi connectivity index (χ4n) is 2.55. The Balaban J connectivity index is 1.47. The molecule has 0 unspecified atom stereocenters. The number of ether oxygens (including phenoxy) is 2. The summed E-state index contributed by atoms with van der Waals surface area (Å²) in [6.45, 7) is 2.77. The molecule has 144 valence electrons. The minimum absolute atomic E-state index is 0.0563. The van der Waals surface area contributed by atoms with Crippen molar-refractivity contribution in [2.24, 2.45) is 5.14 Å². The Labute approximate surface area is 157 Å². The molecule has 0 saturated carbocycles. The van der Waals surface area contributed by atoms with Crippen LogP contribution in [0.5, 0.6) is 11.5 Å². The van der Waals surface area contributed by atoms with Crippen LogP contribution >= 0.6 is 0 Å².